The van der Waals surface area contributed by atoms with Gasteiger partial charge in [-0.15, -0.1) is 0 Å². The zero-order valence-electron chi connectivity index (χ0n) is 9.67. The summed E-state index contributed by atoms with van der Waals surface area (Å²) in [5, 5.41) is 18.2. The fourth-order valence-corrected chi connectivity index (χ4v) is 2.27. The number of aliphatic hydroxyl groups excluding tert-OH is 1. The van der Waals surface area contributed by atoms with Gasteiger partial charge in [0.15, 0.2) is 0 Å². The van der Waals surface area contributed by atoms with Crippen molar-refractivity contribution in [1.82, 2.24) is 0 Å². The monoisotopic (exact) mass is 255 g/mol. The van der Waals surface area contributed by atoms with E-state index >= 15 is 0 Å². The molecule has 1 aromatic carbocycles. The molecule has 0 amide bonds. The Morgan fingerprint density at radius 3 is 2.53 bits per heavy atom. The summed E-state index contributed by atoms with van der Waals surface area (Å²) in [7, 11) is 0. The number of hydrogen-bond acceptors (Lipinski definition) is 4. The zero-order valence-corrected chi connectivity index (χ0v) is 10.5. The third kappa shape index (κ3) is 3.46. The van der Waals surface area contributed by atoms with E-state index in [0.29, 0.717) is 5.56 Å². The maximum absolute atomic E-state index is 11.3. The van der Waals surface area contributed by atoms with E-state index in [2.05, 4.69) is 0 Å². The summed E-state index contributed by atoms with van der Waals surface area (Å²) in [5.74, 6) is -0.824. The Bertz CT molecular complexity index is 371. The van der Waals surface area contributed by atoms with E-state index in [1.54, 1.807) is 24.3 Å². The van der Waals surface area contributed by atoms with Crippen LogP contribution in [-0.4, -0.2) is 33.8 Å². The van der Waals surface area contributed by atoms with Crippen molar-refractivity contribution in [3.05, 3.63) is 35.9 Å². The lowest BCUT2D eigenvalue weighted by atomic mass is 9.93. The first-order valence-corrected chi connectivity index (χ1v) is 6.36. The van der Waals surface area contributed by atoms with Gasteiger partial charge in [0, 0.05) is 11.0 Å². The molecule has 0 fully saturated rings. The molecule has 2 unspecified atom stereocenters. The molecule has 1 rings (SSSR count). The molecule has 0 aliphatic rings. The second-order valence-corrected chi connectivity index (χ2v) is 5.37. The largest absolute Gasteiger partial charge is 0.480 e. The number of benzene rings is 1. The number of aliphatic hydroxyl groups is 1. The fraction of sp³-hybridized carbons (Fsp3) is 0.417. The SMILES string of the molecule is CC(CO)SCC(N)(C(=O)O)c1ccccc1. The number of carboxylic acid groups (broad SMARTS) is 1. The Morgan fingerprint density at radius 2 is 2.06 bits per heavy atom. The normalized spacial score (nSPS) is 16.2. The quantitative estimate of drug-likeness (QED) is 0.707. The molecule has 0 aromatic heterocycles. The summed E-state index contributed by atoms with van der Waals surface area (Å²) in [5.41, 5.74) is 5.13. The van der Waals surface area contributed by atoms with E-state index in [1.165, 1.54) is 11.8 Å². The van der Waals surface area contributed by atoms with Gasteiger partial charge in [-0.2, -0.15) is 11.8 Å². The second kappa shape index (κ2) is 6.05. The van der Waals surface area contributed by atoms with Gasteiger partial charge in [-0.3, -0.25) is 0 Å². The van der Waals surface area contributed by atoms with Gasteiger partial charge in [-0.1, -0.05) is 37.3 Å². The maximum atomic E-state index is 11.3. The highest BCUT2D eigenvalue weighted by Crippen LogP contribution is 2.25. The van der Waals surface area contributed by atoms with E-state index < -0.39 is 11.5 Å². The fourth-order valence-electron chi connectivity index (χ4n) is 1.33. The van der Waals surface area contributed by atoms with Crippen molar-refractivity contribution in [1.29, 1.82) is 0 Å². The molecular weight excluding hydrogens is 238 g/mol. The molecule has 5 heteroatoms. The number of carboxylic acids is 1. The molecule has 0 spiro atoms. The third-order valence-corrected chi connectivity index (χ3v) is 3.86. The summed E-state index contributed by atoms with van der Waals surface area (Å²) in [6.07, 6.45) is 0. The Balaban J connectivity index is 2.87. The van der Waals surface area contributed by atoms with Crippen LogP contribution in [0, 0.1) is 0 Å². The molecule has 4 nitrogen and oxygen atoms in total. The van der Waals surface area contributed by atoms with E-state index in [1.807, 2.05) is 13.0 Å². The Kier molecular flexibility index (Phi) is 4.99. The van der Waals surface area contributed by atoms with E-state index in [-0.39, 0.29) is 17.6 Å². The van der Waals surface area contributed by atoms with Gasteiger partial charge < -0.3 is 15.9 Å². The summed E-state index contributed by atoms with van der Waals surface area (Å²) < 4.78 is 0. The summed E-state index contributed by atoms with van der Waals surface area (Å²) in [6.45, 7) is 1.84. The molecule has 0 bridgehead atoms. The van der Waals surface area contributed by atoms with Gasteiger partial charge in [-0.05, 0) is 5.56 Å². The van der Waals surface area contributed by atoms with Crippen molar-refractivity contribution in [3.8, 4) is 0 Å². The number of aliphatic carboxylic acids is 1. The van der Waals surface area contributed by atoms with Crippen LogP contribution in [0.1, 0.15) is 12.5 Å². The number of rotatable bonds is 6. The van der Waals surface area contributed by atoms with Gasteiger partial charge in [0.25, 0.3) is 0 Å². The smallest absolute Gasteiger partial charge is 0.329 e. The number of hydrogen-bond donors (Lipinski definition) is 3. The van der Waals surface area contributed by atoms with E-state index in [4.69, 9.17) is 10.8 Å². The van der Waals surface area contributed by atoms with Crippen LogP contribution in [0.2, 0.25) is 0 Å². The molecule has 0 aliphatic carbocycles. The van der Waals surface area contributed by atoms with Gasteiger partial charge in [0.2, 0.25) is 0 Å². The Morgan fingerprint density at radius 1 is 1.47 bits per heavy atom. The minimum atomic E-state index is -1.41. The zero-order chi connectivity index (χ0) is 12.9. The highest BCUT2D eigenvalue weighted by atomic mass is 32.2. The van der Waals surface area contributed by atoms with Crippen LogP contribution in [0.5, 0.6) is 0 Å². The summed E-state index contributed by atoms with van der Waals surface area (Å²) in [6, 6.07) is 8.76. The minimum Gasteiger partial charge on any atom is -0.480 e. The molecule has 0 heterocycles. The van der Waals surface area contributed by atoms with E-state index in [0.717, 1.165) is 0 Å². The molecule has 94 valence electrons. The van der Waals surface area contributed by atoms with Crippen molar-refractivity contribution >= 4 is 17.7 Å². The standard InChI is InChI=1S/C12H17NO3S/c1-9(7-14)17-8-12(13,11(15)16)10-5-3-2-4-6-10/h2-6,9,14H,7-8,13H2,1H3,(H,15,16). The molecule has 17 heavy (non-hydrogen) atoms. The van der Waals surface area contributed by atoms with Crippen molar-refractivity contribution < 1.29 is 15.0 Å². The van der Waals surface area contributed by atoms with Crippen LogP contribution in [-0.2, 0) is 10.3 Å². The third-order valence-electron chi connectivity index (χ3n) is 2.52. The summed E-state index contributed by atoms with van der Waals surface area (Å²) in [4.78, 5) is 11.3. The van der Waals surface area contributed by atoms with E-state index in [9.17, 15) is 9.90 Å². The lowest BCUT2D eigenvalue weighted by Gasteiger charge is -2.26. The van der Waals surface area contributed by atoms with Gasteiger partial charge in [0.05, 0.1) is 6.61 Å². The highest BCUT2D eigenvalue weighted by molar-refractivity contribution is 8.00. The van der Waals surface area contributed by atoms with Gasteiger partial charge in [0.1, 0.15) is 5.54 Å². The lowest BCUT2D eigenvalue weighted by molar-refractivity contribution is -0.142. The van der Waals surface area contributed by atoms with Crippen molar-refractivity contribution in [3.63, 3.8) is 0 Å². The van der Waals surface area contributed by atoms with Crippen LogP contribution in [0.3, 0.4) is 0 Å². The lowest BCUT2D eigenvalue weighted by Crippen LogP contribution is -2.47. The predicted octanol–water partition coefficient (Wildman–Crippen LogP) is 1.04. The molecule has 0 saturated carbocycles. The molecule has 0 saturated heterocycles. The first-order valence-electron chi connectivity index (χ1n) is 5.31. The second-order valence-electron chi connectivity index (χ2n) is 3.95. The molecule has 4 N–H and O–H groups in total. The minimum absolute atomic E-state index is 0.00908. The molecule has 0 radical (unpaired) electrons. The number of carbonyl (C=O) groups is 1. The molecular formula is C12H17NO3S. The van der Waals surface area contributed by atoms with Crippen LogP contribution in [0.4, 0.5) is 0 Å². The molecule has 0 aliphatic heterocycles. The van der Waals surface area contributed by atoms with Crippen LogP contribution in [0.25, 0.3) is 0 Å². The van der Waals surface area contributed by atoms with Crippen LogP contribution < -0.4 is 5.73 Å². The highest BCUT2D eigenvalue weighted by Gasteiger charge is 2.36. The summed E-state index contributed by atoms with van der Waals surface area (Å²) >= 11 is 1.35. The average molecular weight is 255 g/mol. The van der Waals surface area contributed by atoms with Crippen molar-refractivity contribution in [2.75, 3.05) is 12.4 Å². The van der Waals surface area contributed by atoms with Crippen LogP contribution in [0.15, 0.2) is 30.3 Å². The molecule has 1 aromatic rings. The van der Waals surface area contributed by atoms with Gasteiger partial charge >= 0.3 is 5.97 Å². The number of nitrogens with two attached hydrogens (primary N) is 1. The van der Waals surface area contributed by atoms with Gasteiger partial charge in [-0.25, -0.2) is 4.79 Å². The number of thioether (sulfide) groups is 1. The Labute approximate surface area is 105 Å². The van der Waals surface area contributed by atoms with Crippen molar-refractivity contribution in [2.24, 2.45) is 5.73 Å². The Hall–Kier alpha value is -1.04. The first-order chi connectivity index (χ1) is 8.00. The predicted molar refractivity (Wildman–Crippen MR) is 68.9 cm³/mol. The molecule has 2 atom stereocenters. The van der Waals surface area contributed by atoms with Crippen molar-refractivity contribution in [2.45, 2.75) is 17.7 Å². The topological polar surface area (TPSA) is 83.5 Å². The van der Waals surface area contributed by atoms with Crippen LogP contribution >= 0.6 is 11.8 Å². The maximum Gasteiger partial charge on any atom is 0.329 e. The first kappa shape index (κ1) is 14.0. The average Bonchev–Trinajstić information content (AvgIpc) is 2.36.